The molecule has 1 N–H and O–H groups in total. The van der Waals surface area contributed by atoms with Crippen LogP contribution < -0.4 is 14.8 Å². The van der Waals surface area contributed by atoms with Crippen LogP contribution in [0.4, 0.5) is 5.69 Å². The average molecular weight is 349 g/mol. The number of carbonyl (C=O) groups is 2. The molecular weight excluding hydrogens is 330 g/mol. The van der Waals surface area contributed by atoms with E-state index in [-0.39, 0.29) is 25.0 Å². The molecule has 2 amide bonds. The maximum atomic E-state index is 12.4. The van der Waals surface area contributed by atoms with E-state index < -0.39 is 5.25 Å². The molecule has 2 aliphatic rings. The lowest BCUT2D eigenvalue weighted by Crippen LogP contribution is -2.33. The summed E-state index contributed by atoms with van der Waals surface area (Å²) >= 11 is 1.36. The van der Waals surface area contributed by atoms with Crippen molar-refractivity contribution in [1.29, 1.82) is 0 Å². The van der Waals surface area contributed by atoms with Gasteiger partial charge in [0.05, 0.1) is 0 Å². The van der Waals surface area contributed by atoms with Crippen molar-refractivity contribution in [3.05, 3.63) is 18.2 Å². The minimum absolute atomic E-state index is 0.0597. The predicted octanol–water partition coefficient (Wildman–Crippen LogP) is 2.08. The number of nitrogens with zero attached hydrogens (tertiary/aromatic N) is 2. The number of carbonyl (C=O) groups excluding carboxylic acids is 2. The number of fused-ring (bicyclic) bond motifs is 1. The zero-order valence-corrected chi connectivity index (χ0v) is 14.4. The Hall–Kier alpha value is -2.22. The Kier molecular flexibility index (Phi) is 4.94. The highest BCUT2D eigenvalue weighted by Crippen LogP contribution is 2.34. The standard InChI is InChI=1S/C16H19N3O4S/c1-3-17-16-19(4-2)15(21)13(24-16)8-14(20)18-10-5-6-11-12(7-10)23-9-22-11/h5-7,13H,3-4,8-9H2,1-2H3,(H,18,20)/t13-/m1/s1. The van der Waals surface area contributed by atoms with Gasteiger partial charge in [0.15, 0.2) is 16.7 Å². The molecule has 0 radical (unpaired) electrons. The molecule has 0 aliphatic carbocycles. The van der Waals surface area contributed by atoms with E-state index in [4.69, 9.17) is 9.47 Å². The van der Waals surface area contributed by atoms with E-state index in [1.54, 1.807) is 23.1 Å². The average Bonchev–Trinajstić information content (AvgIpc) is 3.12. The summed E-state index contributed by atoms with van der Waals surface area (Å²) in [4.78, 5) is 30.6. The first kappa shape index (κ1) is 16.6. The first-order valence-electron chi connectivity index (χ1n) is 7.84. The molecule has 0 saturated carbocycles. The molecule has 8 heteroatoms. The number of hydrogen-bond donors (Lipinski definition) is 1. The topological polar surface area (TPSA) is 80.2 Å². The van der Waals surface area contributed by atoms with Crippen LogP contribution in [0.1, 0.15) is 20.3 Å². The fourth-order valence-corrected chi connectivity index (χ4v) is 3.81. The van der Waals surface area contributed by atoms with Gasteiger partial charge in [0.1, 0.15) is 5.25 Å². The number of thioether (sulfide) groups is 1. The van der Waals surface area contributed by atoms with Crippen LogP contribution in [0.2, 0.25) is 0 Å². The highest BCUT2D eigenvalue weighted by atomic mass is 32.2. The van der Waals surface area contributed by atoms with E-state index in [2.05, 4.69) is 10.3 Å². The molecule has 1 atom stereocenters. The third-order valence-electron chi connectivity index (χ3n) is 3.66. The number of amides is 2. The second-order valence-corrected chi connectivity index (χ2v) is 6.44. The van der Waals surface area contributed by atoms with E-state index in [0.29, 0.717) is 35.4 Å². The number of nitrogens with one attached hydrogen (secondary N) is 1. The zero-order valence-electron chi connectivity index (χ0n) is 13.6. The normalized spacial score (nSPS) is 20.8. The van der Waals surface area contributed by atoms with Crippen molar-refractivity contribution in [2.24, 2.45) is 4.99 Å². The molecule has 128 valence electrons. The Balaban J connectivity index is 1.63. The molecule has 0 bridgehead atoms. The largest absolute Gasteiger partial charge is 0.454 e. The quantitative estimate of drug-likeness (QED) is 0.880. The molecule has 3 rings (SSSR count). The van der Waals surface area contributed by atoms with E-state index in [9.17, 15) is 9.59 Å². The predicted molar refractivity (Wildman–Crippen MR) is 92.6 cm³/mol. The SMILES string of the molecule is CCN=C1S[C@H](CC(=O)Nc2ccc3c(c2)OCO3)C(=O)N1CC. The Morgan fingerprint density at radius 3 is 2.92 bits per heavy atom. The number of rotatable bonds is 5. The fraction of sp³-hybridized carbons (Fsp3) is 0.438. The van der Waals surface area contributed by atoms with E-state index in [0.717, 1.165) is 0 Å². The molecule has 1 aromatic carbocycles. The molecular formula is C16H19N3O4S. The summed E-state index contributed by atoms with van der Waals surface area (Å²) in [5.41, 5.74) is 0.620. The van der Waals surface area contributed by atoms with Crippen LogP contribution >= 0.6 is 11.8 Å². The summed E-state index contributed by atoms with van der Waals surface area (Å²) in [5.74, 6) is 0.992. The number of ether oxygens (including phenoxy) is 2. The van der Waals surface area contributed by atoms with Gasteiger partial charge in [0, 0.05) is 31.3 Å². The second kappa shape index (κ2) is 7.12. The lowest BCUT2D eigenvalue weighted by molar-refractivity contribution is -0.128. The zero-order chi connectivity index (χ0) is 17.1. The number of amidine groups is 1. The Morgan fingerprint density at radius 1 is 1.38 bits per heavy atom. The maximum Gasteiger partial charge on any atom is 0.242 e. The van der Waals surface area contributed by atoms with E-state index in [1.165, 1.54) is 11.8 Å². The van der Waals surface area contributed by atoms with Gasteiger partial charge in [0.2, 0.25) is 18.6 Å². The smallest absolute Gasteiger partial charge is 0.242 e. The highest BCUT2D eigenvalue weighted by molar-refractivity contribution is 8.15. The molecule has 1 aromatic rings. The molecule has 7 nitrogen and oxygen atoms in total. The molecule has 0 aromatic heterocycles. The van der Waals surface area contributed by atoms with Gasteiger partial charge in [-0.15, -0.1) is 0 Å². The van der Waals surface area contributed by atoms with Crippen LogP contribution in [0.5, 0.6) is 11.5 Å². The van der Waals surface area contributed by atoms with Crippen molar-refractivity contribution in [3.8, 4) is 11.5 Å². The molecule has 1 saturated heterocycles. The third-order valence-corrected chi connectivity index (χ3v) is 4.87. The minimum Gasteiger partial charge on any atom is -0.454 e. The van der Waals surface area contributed by atoms with E-state index in [1.807, 2.05) is 13.8 Å². The number of aliphatic imine (C=N–C) groups is 1. The van der Waals surface area contributed by atoms with Gasteiger partial charge >= 0.3 is 0 Å². The van der Waals surface area contributed by atoms with Crippen LogP contribution in [0.15, 0.2) is 23.2 Å². The summed E-state index contributed by atoms with van der Waals surface area (Å²) in [6, 6.07) is 5.21. The Bertz CT molecular complexity index is 692. The summed E-state index contributed by atoms with van der Waals surface area (Å²) in [5, 5.41) is 3.07. The molecule has 2 heterocycles. The number of hydrogen-bond acceptors (Lipinski definition) is 6. The highest BCUT2D eigenvalue weighted by Gasteiger charge is 2.38. The number of benzene rings is 1. The molecule has 24 heavy (non-hydrogen) atoms. The first-order valence-corrected chi connectivity index (χ1v) is 8.72. The van der Waals surface area contributed by atoms with Crippen LogP contribution in [0.3, 0.4) is 0 Å². The first-order chi connectivity index (χ1) is 11.6. The van der Waals surface area contributed by atoms with E-state index >= 15 is 0 Å². The minimum atomic E-state index is -0.427. The van der Waals surface area contributed by atoms with Crippen molar-refractivity contribution in [1.82, 2.24) is 4.90 Å². The fourth-order valence-electron chi connectivity index (χ4n) is 2.54. The van der Waals surface area contributed by atoms with Gasteiger partial charge in [-0.2, -0.15) is 0 Å². The van der Waals surface area contributed by atoms with Gasteiger partial charge in [-0.1, -0.05) is 11.8 Å². The Morgan fingerprint density at radius 2 is 2.17 bits per heavy atom. The molecule has 0 spiro atoms. The molecule has 2 aliphatic heterocycles. The summed E-state index contributed by atoms with van der Waals surface area (Å²) < 4.78 is 10.5. The van der Waals surface area contributed by atoms with Crippen LogP contribution in [0, 0.1) is 0 Å². The summed E-state index contributed by atoms with van der Waals surface area (Å²) in [6.45, 7) is 5.18. The lowest BCUT2D eigenvalue weighted by Gasteiger charge is -2.13. The van der Waals surface area contributed by atoms with Crippen molar-refractivity contribution >= 4 is 34.4 Å². The van der Waals surface area contributed by atoms with Gasteiger partial charge < -0.3 is 14.8 Å². The lowest BCUT2D eigenvalue weighted by atomic mass is 10.2. The van der Waals surface area contributed by atoms with Crippen molar-refractivity contribution in [2.75, 3.05) is 25.2 Å². The summed E-state index contributed by atoms with van der Waals surface area (Å²) in [6.07, 6.45) is 0.108. The van der Waals surface area contributed by atoms with Crippen LogP contribution in [-0.2, 0) is 9.59 Å². The molecule has 1 fully saturated rings. The monoisotopic (exact) mass is 349 g/mol. The summed E-state index contributed by atoms with van der Waals surface area (Å²) in [7, 11) is 0. The number of anilines is 1. The van der Waals surface area contributed by atoms with Gasteiger partial charge in [0.25, 0.3) is 0 Å². The third kappa shape index (κ3) is 3.33. The van der Waals surface area contributed by atoms with Gasteiger partial charge in [-0.05, 0) is 26.0 Å². The second-order valence-electron chi connectivity index (χ2n) is 5.27. The van der Waals surface area contributed by atoms with Gasteiger partial charge in [-0.3, -0.25) is 19.5 Å². The maximum absolute atomic E-state index is 12.4. The van der Waals surface area contributed by atoms with Crippen molar-refractivity contribution in [2.45, 2.75) is 25.5 Å². The van der Waals surface area contributed by atoms with Gasteiger partial charge in [-0.25, -0.2) is 0 Å². The molecule has 0 unspecified atom stereocenters. The van der Waals surface area contributed by atoms with Crippen molar-refractivity contribution < 1.29 is 19.1 Å². The Labute approximate surface area is 144 Å². The van der Waals surface area contributed by atoms with Crippen LogP contribution in [0.25, 0.3) is 0 Å². The van der Waals surface area contributed by atoms with Crippen LogP contribution in [-0.4, -0.2) is 47.0 Å². The van der Waals surface area contributed by atoms with Crippen molar-refractivity contribution in [3.63, 3.8) is 0 Å².